The summed E-state index contributed by atoms with van der Waals surface area (Å²) in [4.78, 5) is 10.8. The van der Waals surface area contributed by atoms with Crippen molar-refractivity contribution in [2.24, 2.45) is 0 Å². The fraction of sp³-hybridized carbons (Fsp3) is 0.0625. The van der Waals surface area contributed by atoms with Crippen molar-refractivity contribution in [2.75, 3.05) is 0 Å². The lowest BCUT2D eigenvalue weighted by molar-refractivity contribution is 0.0697. The fourth-order valence-corrected chi connectivity index (χ4v) is 2.07. The molecule has 2 aromatic carbocycles. The van der Waals surface area contributed by atoms with Crippen LogP contribution in [0.3, 0.4) is 0 Å². The van der Waals surface area contributed by atoms with E-state index in [1.54, 1.807) is 18.2 Å². The third kappa shape index (κ3) is 2.67. The minimum absolute atomic E-state index is 0.0779. The van der Waals surface area contributed by atoms with Crippen LogP contribution >= 0.6 is 0 Å². The third-order valence-electron chi connectivity index (χ3n) is 3.20. The van der Waals surface area contributed by atoms with Crippen molar-refractivity contribution >= 4 is 5.97 Å². The van der Waals surface area contributed by atoms with E-state index in [2.05, 4.69) is 0 Å². The number of carboxylic acids is 1. The average molecular weight is 294 g/mol. The summed E-state index contributed by atoms with van der Waals surface area (Å²) in [5.41, 5.74) is 0.984. The van der Waals surface area contributed by atoms with Crippen LogP contribution in [0.1, 0.15) is 32.6 Å². The molecular weight excluding hydrogens is 284 g/mol. The van der Waals surface area contributed by atoms with Crippen molar-refractivity contribution in [1.29, 1.82) is 10.5 Å². The van der Waals surface area contributed by atoms with Crippen molar-refractivity contribution in [2.45, 2.75) is 6.42 Å². The first-order chi connectivity index (χ1) is 10.5. The van der Waals surface area contributed by atoms with Gasteiger partial charge in [-0.3, -0.25) is 0 Å². The Morgan fingerprint density at radius 2 is 1.73 bits per heavy atom. The van der Waals surface area contributed by atoms with Crippen molar-refractivity contribution in [3.05, 3.63) is 58.1 Å². The maximum absolute atomic E-state index is 10.8. The Hall–Kier alpha value is -3.51. The summed E-state index contributed by atoms with van der Waals surface area (Å²) < 4.78 is 0. The first-order valence-electron chi connectivity index (χ1n) is 6.18. The predicted molar refractivity (Wildman–Crippen MR) is 75.4 cm³/mol. The van der Waals surface area contributed by atoms with E-state index in [4.69, 9.17) is 15.6 Å². The van der Waals surface area contributed by atoms with Gasteiger partial charge in [0.1, 0.15) is 11.6 Å². The largest absolute Gasteiger partial charge is 0.504 e. The molecule has 0 saturated heterocycles. The molecule has 0 amide bonds. The fourth-order valence-electron chi connectivity index (χ4n) is 2.07. The summed E-state index contributed by atoms with van der Waals surface area (Å²) in [6.07, 6.45) is 0.152. The topological polar surface area (TPSA) is 125 Å². The van der Waals surface area contributed by atoms with E-state index in [9.17, 15) is 15.0 Å². The number of nitrogens with zero attached hydrogens (tertiary/aromatic N) is 2. The molecule has 2 aromatic rings. The SMILES string of the molecule is N#Cc1cc(O)c(O)c(C#N)c1Cc1ccc(C(=O)O)cc1. The van der Waals surface area contributed by atoms with E-state index in [0.717, 1.165) is 6.07 Å². The molecule has 0 aliphatic heterocycles. The molecule has 22 heavy (non-hydrogen) atoms. The average Bonchev–Trinajstić information content (AvgIpc) is 2.51. The highest BCUT2D eigenvalue weighted by Crippen LogP contribution is 2.34. The van der Waals surface area contributed by atoms with Gasteiger partial charge in [-0.25, -0.2) is 4.79 Å². The molecule has 0 unspecified atom stereocenters. The second-order valence-electron chi connectivity index (χ2n) is 4.55. The normalized spacial score (nSPS) is 9.73. The Kier molecular flexibility index (Phi) is 3.97. The Labute approximate surface area is 125 Å². The minimum Gasteiger partial charge on any atom is -0.504 e. The molecule has 6 nitrogen and oxygen atoms in total. The van der Waals surface area contributed by atoms with Crippen molar-refractivity contribution in [3.8, 4) is 23.6 Å². The van der Waals surface area contributed by atoms with Gasteiger partial charge in [-0.2, -0.15) is 10.5 Å². The predicted octanol–water partition coefficient (Wildman–Crippen LogP) is 2.13. The summed E-state index contributed by atoms with van der Waals surface area (Å²) >= 11 is 0. The van der Waals surface area contributed by atoms with Gasteiger partial charge in [-0.1, -0.05) is 12.1 Å². The minimum atomic E-state index is -1.05. The van der Waals surface area contributed by atoms with Crippen LogP contribution in [0.4, 0.5) is 0 Å². The molecule has 0 fully saturated rings. The van der Waals surface area contributed by atoms with Crippen LogP contribution in [0.15, 0.2) is 30.3 Å². The van der Waals surface area contributed by atoms with E-state index in [-0.39, 0.29) is 28.7 Å². The quantitative estimate of drug-likeness (QED) is 0.744. The maximum Gasteiger partial charge on any atom is 0.335 e. The van der Waals surface area contributed by atoms with Crippen LogP contribution in [0.25, 0.3) is 0 Å². The molecular formula is C16H10N2O4. The number of hydrogen-bond acceptors (Lipinski definition) is 5. The van der Waals surface area contributed by atoms with Gasteiger partial charge < -0.3 is 15.3 Å². The molecule has 2 rings (SSSR count). The lowest BCUT2D eigenvalue weighted by Crippen LogP contribution is -2.00. The zero-order valence-corrected chi connectivity index (χ0v) is 11.2. The standard InChI is InChI=1S/C16H10N2O4/c17-7-11-6-14(19)15(20)13(8-18)12(11)5-9-1-3-10(4-2-9)16(21)22/h1-4,6,19-20H,5H2,(H,21,22). The number of rotatable bonds is 3. The van der Waals surface area contributed by atoms with Gasteiger partial charge in [0, 0.05) is 12.5 Å². The van der Waals surface area contributed by atoms with E-state index in [0.29, 0.717) is 5.56 Å². The lowest BCUT2D eigenvalue weighted by Gasteiger charge is -2.10. The molecule has 0 spiro atoms. The van der Waals surface area contributed by atoms with Crippen LogP contribution in [0.2, 0.25) is 0 Å². The number of nitriles is 2. The molecule has 0 bridgehead atoms. The number of carbonyl (C=O) groups is 1. The molecule has 6 heteroatoms. The Bertz CT molecular complexity index is 827. The van der Waals surface area contributed by atoms with Gasteiger partial charge in [-0.15, -0.1) is 0 Å². The summed E-state index contributed by atoms with van der Waals surface area (Å²) in [5, 5.41) is 46.3. The van der Waals surface area contributed by atoms with Crippen molar-refractivity contribution < 1.29 is 20.1 Å². The van der Waals surface area contributed by atoms with Crippen molar-refractivity contribution in [3.63, 3.8) is 0 Å². The molecule has 3 N–H and O–H groups in total. The smallest absolute Gasteiger partial charge is 0.335 e. The molecule has 0 atom stereocenters. The van der Waals surface area contributed by atoms with Gasteiger partial charge in [0.05, 0.1) is 17.2 Å². The van der Waals surface area contributed by atoms with Gasteiger partial charge in [-0.05, 0) is 23.3 Å². The second-order valence-corrected chi connectivity index (χ2v) is 4.55. The molecule has 0 heterocycles. The number of phenols is 2. The zero-order valence-electron chi connectivity index (χ0n) is 11.2. The second kappa shape index (κ2) is 5.86. The van der Waals surface area contributed by atoms with Crippen molar-refractivity contribution in [1.82, 2.24) is 0 Å². The molecule has 0 aliphatic carbocycles. The molecule has 0 saturated carbocycles. The van der Waals surface area contributed by atoms with E-state index in [1.807, 2.05) is 6.07 Å². The summed E-state index contributed by atoms with van der Waals surface area (Å²) in [5.74, 6) is -2.15. The Balaban J connectivity index is 2.49. The lowest BCUT2D eigenvalue weighted by atomic mass is 9.94. The summed E-state index contributed by atoms with van der Waals surface area (Å²) in [6.45, 7) is 0. The highest BCUT2D eigenvalue weighted by Gasteiger charge is 2.17. The van der Waals surface area contributed by atoms with Gasteiger partial charge in [0.15, 0.2) is 11.5 Å². The van der Waals surface area contributed by atoms with Crippen LogP contribution in [0.5, 0.6) is 11.5 Å². The first-order valence-corrected chi connectivity index (χ1v) is 6.18. The summed E-state index contributed by atoms with van der Waals surface area (Å²) in [7, 11) is 0. The van der Waals surface area contributed by atoms with E-state index in [1.165, 1.54) is 12.1 Å². The number of carboxylic acid groups (broad SMARTS) is 1. The monoisotopic (exact) mass is 294 g/mol. The molecule has 108 valence electrons. The van der Waals surface area contributed by atoms with Crippen LogP contribution < -0.4 is 0 Å². The Morgan fingerprint density at radius 1 is 1.09 bits per heavy atom. The number of benzene rings is 2. The molecule has 0 radical (unpaired) electrons. The molecule has 0 aromatic heterocycles. The molecule has 0 aliphatic rings. The Morgan fingerprint density at radius 3 is 2.23 bits per heavy atom. The number of aromatic carboxylic acids is 1. The van der Waals surface area contributed by atoms with E-state index < -0.39 is 17.5 Å². The first kappa shape index (κ1) is 14.9. The van der Waals surface area contributed by atoms with E-state index >= 15 is 0 Å². The van der Waals surface area contributed by atoms with Crippen LogP contribution in [0, 0.1) is 22.7 Å². The number of hydrogen-bond donors (Lipinski definition) is 3. The van der Waals surface area contributed by atoms with Gasteiger partial charge in [0.25, 0.3) is 0 Å². The third-order valence-corrected chi connectivity index (χ3v) is 3.20. The number of phenolic OH excluding ortho intramolecular Hbond substituents is 2. The highest BCUT2D eigenvalue weighted by molar-refractivity contribution is 5.87. The van der Waals surface area contributed by atoms with Gasteiger partial charge in [0.2, 0.25) is 0 Å². The van der Waals surface area contributed by atoms with Crippen LogP contribution in [-0.2, 0) is 6.42 Å². The van der Waals surface area contributed by atoms with Gasteiger partial charge >= 0.3 is 5.97 Å². The number of aromatic hydroxyl groups is 2. The maximum atomic E-state index is 10.8. The summed E-state index contributed by atoms with van der Waals surface area (Å²) in [6, 6.07) is 10.7. The highest BCUT2D eigenvalue weighted by atomic mass is 16.4. The van der Waals surface area contributed by atoms with Crippen LogP contribution in [-0.4, -0.2) is 21.3 Å². The zero-order chi connectivity index (χ0) is 16.3.